The highest BCUT2D eigenvalue weighted by atomic mass is 32.2. The van der Waals surface area contributed by atoms with Gasteiger partial charge in [-0.15, -0.1) is 11.8 Å². The van der Waals surface area contributed by atoms with Crippen molar-refractivity contribution in [1.82, 2.24) is 0 Å². The highest BCUT2D eigenvalue weighted by molar-refractivity contribution is 8.00. The van der Waals surface area contributed by atoms with E-state index in [1.165, 1.54) is 0 Å². The van der Waals surface area contributed by atoms with E-state index in [9.17, 15) is 9.59 Å². The van der Waals surface area contributed by atoms with Crippen LogP contribution in [0.2, 0.25) is 0 Å². The van der Waals surface area contributed by atoms with Gasteiger partial charge in [-0.1, -0.05) is 54.6 Å². The number of hydrogen-bond acceptors (Lipinski definition) is 4. The molecule has 1 heterocycles. The van der Waals surface area contributed by atoms with Gasteiger partial charge >= 0.3 is 0 Å². The van der Waals surface area contributed by atoms with E-state index >= 15 is 0 Å². The van der Waals surface area contributed by atoms with Crippen molar-refractivity contribution in [2.24, 2.45) is 0 Å². The number of nitrogens with one attached hydrogen (secondary N) is 1. The molecule has 1 atom stereocenters. The van der Waals surface area contributed by atoms with Gasteiger partial charge in [0, 0.05) is 12.1 Å². The van der Waals surface area contributed by atoms with Crippen LogP contribution in [0.5, 0.6) is 5.75 Å². The van der Waals surface area contributed by atoms with E-state index in [1.54, 1.807) is 11.8 Å². The van der Waals surface area contributed by atoms with Crippen molar-refractivity contribution in [1.29, 1.82) is 0 Å². The third-order valence-corrected chi connectivity index (χ3v) is 6.47. The summed E-state index contributed by atoms with van der Waals surface area (Å²) in [4.78, 5) is 26.8. The van der Waals surface area contributed by atoms with E-state index in [0.29, 0.717) is 31.0 Å². The molecule has 32 heavy (non-hydrogen) atoms. The van der Waals surface area contributed by atoms with Crippen LogP contribution in [0.15, 0.2) is 78.9 Å². The van der Waals surface area contributed by atoms with Gasteiger partial charge in [0.15, 0.2) is 0 Å². The fraction of sp³-hybridized carbons (Fsp3) is 0.231. The van der Waals surface area contributed by atoms with Crippen LogP contribution in [-0.2, 0) is 16.0 Å². The first-order valence-corrected chi connectivity index (χ1v) is 11.8. The number of carbonyl (C=O) groups is 2. The van der Waals surface area contributed by atoms with Gasteiger partial charge in [-0.2, -0.15) is 0 Å². The molecule has 0 spiro atoms. The minimum Gasteiger partial charge on any atom is -0.492 e. The molecule has 0 saturated carbocycles. The van der Waals surface area contributed by atoms with Gasteiger partial charge in [-0.05, 0) is 48.7 Å². The molecule has 0 bridgehead atoms. The molecule has 6 heteroatoms. The summed E-state index contributed by atoms with van der Waals surface area (Å²) in [5, 5.41) is 2.83. The Morgan fingerprint density at radius 2 is 1.75 bits per heavy atom. The molecule has 3 aromatic carbocycles. The van der Waals surface area contributed by atoms with E-state index < -0.39 is 0 Å². The van der Waals surface area contributed by atoms with E-state index in [4.69, 9.17) is 4.74 Å². The van der Waals surface area contributed by atoms with Gasteiger partial charge in [0.2, 0.25) is 11.8 Å². The zero-order chi connectivity index (χ0) is 22.3. The van der Waals surface area contributed by atoms with Crippen LogP contribution in [0, 0.1) is 0 Å². The molecular weight excluding hydrogens is 420 g/mol. The Hall–Kier alpha value is -3.25. The van der Waals surface area contributed by atoms with Gasteiger partial charge in [-0.3, -0.25) is 14.5 Å². The predicted molar refractivity (Wildman–Crippen MR) is 130 cm³/mol. The monoisotopic (exact) mass is 446 g/mol. The minimum absolute atomic E-state index is 0.0145. The van der Waals surface area contributed by atoms with Crippen LogP contribution in [-0.4, -0.2) is 24.2 Å². The molecule has 0 unspecified atom stereocenters. The first kappa shape index (κ1) is 22.0. The van der Waals surface area contributed by atoms with Crippen LogP contribution >= 0.6 is 11.8 Å². The molecule has 1 N–H and O–H groups in total. The molecule has 5 nitrogen and oxygen atoms in total. The number of amides is 2. The smallest absolute Gasteiger partial charge is 0.238 e. The van der Waals surface area contributed by atoms with E-state index in [-0.39, 0.29) is 17.2 Å². The molecule has 0 radical (unpaired) electrons. The maximum atomic E-state index is 12.7. The molecule has 4 rings (SSSR count). The highest BCUT2D eigenvalue weighted by Crippen LogP contribution is 2.44. The molecule has 164 valence electrons. The lowest BCUT2D eigenvalue weighted by atomic mass is 10.1. The average Bonchev–Trinajstić information content (AvgIpc) is 3.20. The van der Waals surface area contributed by atoms with E-state index in [0.717, 1.165) is 22.5 Å². The number of aryl methyl sites for hydroxylation is 1. The number of hydrogen-bond donors (Lipinski definition) is 1. The number of para-hydroxylation sites is 2. The molecular formula is C26H26N2O3S. The number of rotatable bonds is 8. The summed E-state index contributed by atoms with van der Waals surface area (Å²) in [6.45, 7) is 2.47. The van der Waals surface area contributed by atoms with Crippen molar-refractivity contribution in [3.05, 3.63) is 90.0 Å². The van der Waals surface area contributed by atoms with Crippen LogP contribution in [0.25, 0.3) is 0 Å². The average molecular weight is 447 g/mol. The standard InChI is InChI=1S/C26H26N2O3S/c1-2-31-23-11-7-6-10-22(23)28-25(30)18-32-26(28)20-13-15-21(16-14-20)27-24(29)17-12-19-8-4-3-5-9-19/h3-11,13-16,26H,2,12,17-18H2,1H3,(H,27,29)/t26-/m0/s1. The zero-order valence-corrected chi connectivity index (χ0v) is 18.8. The topological polar surface area (TPSA) is 58.6 Å². The fourth-order valence-corrected chi connectivity index (χ4v) is 4.89. The van der Waals surface area contributed by atoms with Crippen molar-refractivity contribution >= 4 is 35.0 Å². The summed E-state index contributed by atoms with van der Waals surface area (Å²) in [7, 11) is 0. The van der Waals surface area contributed by atoms with Crippen molar-refractivity contribution in [3.63, 3.8) is 0 Å². The maximum Gasteiger partial charge on any atom is 0.238 e. The largest absolute Gasteiger partial charge is 0.492 e. The Bertz CT molecular complexity index is 1070. The molecule has 3 aromatic rings. The summed E-state index contributed by atoms with van der Waals surface area (Å²) in [5.74, 6) is 1.17. The van der Waals surface area contributed by atoms with Gasteiger partial charge in [-0.25, -0.2) is 0 Å². The van der Waals surface area contributed by atoms with Gasteiger partial charge in [0.05, 0.1) is 18.0 Å². The van der Waals surface area contributed by atoms with Crippen molar-refractivity contribution < 1.29 is 14.3 Å². The minimum atomic E-state index is -0.132. The molecule has 2 amide bonds. The van der Waals surface area contributed by atoms with Crippen molar-refractivity contribution in [3.8, 4) is 5.75 Å². The molecule has 0 aliphatic carbocycles. The summed E-state index contributed by atoms with van der Waals surface area (Å²) in [6.07, 6.45) is 1.14. The van der Waals surface area contributed by atoms with E-state index in [2.05, 4.69) is 5.32 Å². The lowest BCUT2D eigenvalue weighted by Crippen LogP contribution is -2.28. The van der Waals surface area contributed by atoms with Crippen LogP contribution in [0.3, 0.4) is 0 Å². The first-order chi connectivity index (χ1) is 15.7. The number of thioether (sulfide) groups is 1. The van der Waals surface area contributed by atoms with Crippen molar-refractivity contribution in [2.45, 2.75) is 25.1 Å². The Morgan fingerprint density at radius 3 is 2.50 bits per heavy atom. The summed E-state index contributed by atoms with van der Waals surface area (Å²) in [5.41, 5.74) is 3.69. The lowest BCUT2D eigenvalue weighted by molar-refractivity contribution is -0.116. The second kappa shape index (κ2) is 10.4. The number of benzene rings is 3. The summed E-state index contributed by atoms with van der Waals surface area (Å²) < 4.78 is 5.75. The number of ether oxygens (including phenoxy) is 1. The van der Waals surface area contributed by atoms with E-state index in [1.807, 2.05) is 90.7 Å². The van der Waals surface area contributed by atoms with Crippen LogP contribution in [0.4, 0.5) is 11.4 Å². The highest BCUT2D eigenvalue weighted by Gasteiger charge is 2.35. The van der Waals surface area contributed by atoms with Gasteiger partial charge < -0.3 is 10.1 Å². The van der Waals surface area contributed by atoms with Crippen molar-refractivity contribution in [2.75, 3.05) is 22.6 Å². The second-order valence-electron chi connectivity index (χ2n) is 7.48. The molecule has 0 aromatic heterocycles. The summed E-state index contributed by atoms with van der Waals surface area (Å²) >= 11 is 1.59. The third-order valence-electron chi connectivity index (χ3n) is 5.26. The van der Waals surface area contributed by atoms with Crippen LogP contribution < -0.4 is 15.0 Å². The maximum absolute atomic E-state index is 12.7. The Morgan fingerprint density at radius 1 is 1.03 bits per heavy atom. The number of anilines is 2. The third kappa shape index (κ3) is 5.14. The SMILES string of the molecule is CCOc1ccccc1N1C(=O)CS[C@H]1c1ccc(NC(=O)CCc2ccccc2)cc1. The zero-order valence-electron chi connectivity index (χ0n) is 18.0. The second-order valence-corrected chi connectivity index (χ2v) is 8.55. The van der Waals surface area contributed by atoms with Gasteiger partial charge in [0.25, 0.3) is 0 Å². The lowest BCUT2D eigenvalue weighted by Gasteiger charge is -2.26. The Kier molecular flexibility index (Phi) is 7.12. The number of carbonyl (C=O) groups excluding carboxylic acids is 2. The quantitative estimate of drug-likeness (QED) is 0.501. The summed E-state index contributed by atoms with van der Waals surface area (Å²) in [6, 6.07) is 25.3. The van der Waals surface area contributed by atoms with Crippen LogP contribution in [0.1, 0.15) is 29.8 Å². The Balaban J connectivity index is 1.44. The van der Waals surface area contributed by atoms with Gasteiger partial charge in [0.1, 0.15) is 11.1 Å². The Labute approximate surface area is 192 Å². The normalized spacial score (nSPS) is 15.6. The fourth-order valence-electron chi connectivity index (χ4n) is 3.72. The predicted octanol–water partition coefficient (Wildman–Crippen LogP) is 5.44. The first-order valence-electron chi connectivity index (χ1n) is 10.7. The molecule has 1 saturated heterocycles. The number of nitrogens with zero attached hydrogens (tertiary/aromatic N) is 1. The molecule has 1 aliphatic rings. The molecule has 1 fully saturated rings. The molecule has 1 aliphatic heterocycles.